The van der Waals surface area contributed by atoms with Gasteiger partial charge in [-0.05, 0) is 19.9 Å². The lowest BCUT2D eigenvalue weighted by Gasteiger charge is -2.21. The van der Waals surface area contributed by atoms with E-state index >= 15 is 0 Å². The third-order valence-corrected chi connectivity index (χ3v) is 2.45. The second-order valence-electron chi connectivity index (χ2n) is 3.44. The van der Waals surface area contributed by atoms with Crippen LogP contribution in [-0.2, 0) is 9.59 Å². The van der Waals surface area contributed by atoms with Gasteiger partial charge in [0.25, 0.3) is 0 Å². The minimum absolute atomic E-state index is 0.0655. The number of aliphatic carboxylic acids is 1. The third kappa shape index (κ3) is 2.45. The fourth-order valence-electron chi connectivity index (χ4n) is 1.70. The quantitative estimate of drug-likeness (QED) is 0.652. The molecule has 0 saturated carbocycles. The number of hydrogen-bond donors (Lipinski definition) is 2. The van der Waals surface area contributed by atoms with Crippen molar-refractivity contribution in [2.45, 2.75) is 25.3 Å². The molecule has 5 heteroatoms. The van der Waals surface area contributed by atoms with Gasteiger partial charge in [0, 0.05) is 19.5 Å². The van der Waals surface area contributed by atoms with E-state index in [2.05, 4.69) is 5.32 Å². The van der Waals surface area contributed by atoms with E-state index in [-0.39, 0.29) is 5.91 Å². The summed E-state index contributed by atoms with van der Waals surface area (Å²) in [6, 6.07) is -0.598. The summed E-state index contributed by atoms with van der Waals surface area (Å²) in [5.74, 6) is -0.954. The molecule has 0 bridgehead atoms. The summed E-state index contributed by atoms with van der Waals surface area (Å²) in [4.78, 5) is 23.8. The van der Waals surface area contributed by atoms with Crippen LogP contribution >= 0.6 is 0 Å². The number of carbonyl (C=O) groups excluding carboxylic acids is 1. The van der Waals surface area contributed by atoms with Gasteiger partial charge in [-0.3, -0.25) is 4.79 Å². The molecule has 0 unspecified atom stereocenters. The molecule has 0 aromatic rings. The van der Waals surface area contributed by atoms with Crippen molar-refractivity contribution in [3.8, 4) is 0 Å². The van der Waals surface area contributed by atoms with Gasteiger partial charge in [-0.15, -0.1) is 0 Å². The number of likely N-dealkylation sites (tertiary alicyclic amines) is 1. The molecule has 1 atom stereocenters. The number of carbonyl (C=O) groups is 2. The summed E-state index contributed by atoms with van der Waals surface area (Å²) in [5.41, 5.74) is 0. The van der Waals surface area contributed by atoms with Crippen molar-refractivity contribution in [3.05, 3.63) is 0 Å². The molecule has 0 aliphatic carbocycles. The first-order valence-corrected chi connectivity index (χ1v) is 4.83. The summed E-state index contributed by atoms with van der Waals surface area (Å²) in [7, 11) is 1.77. The monoisotopic (exact) mass is 200 g/mol. The van der Waals surface area contributed by atoms with Crippen LogP contribution in [0.1, 0.15) is 19.3 Å². The number of carboxylic acid groups (broad SMARTS) is 1. The molecule has 0 spiro atoms. The summed E-state index contributed by atoms with van der Waals surface area (Å²) in [5, 5.41) is 11.7. The lowest BCUT2D eigenvalue weighted by Crippen LogP contribution is -2.41. The SMILES string of the molecule is CNCCC(=O)N1CCC[C@H]1C(=O)O. The molecule has 0 radical (unpaired) electrons. The van der Waals surface area contributed by atoms with Crippen molar-refractivity contribution in [2.75, 3.05) is 20.1 Å². The lowest BCUT2D eigenvalue weighted by molar-refractivity contribution is -0.148. The minimum Gasteiger partial charge on any atom is -0.480 e. The first kappa shape index (κ1) is 11.0. The molecule has 1 aliphatic heterocycles. The molecule has 14 heavy (non-hydrogen) atoms. The van der Waals surface area contributed by atoms with Crippen molar-refractivity contribution < 1.29 is 14.7 Å². The van der Waals surface area contributed by atoms with E-state index in [0.29, 0.717) is 25.9 Å². The highest BCUT2D eigenvalue weighted by Gasteiger charge is 2.33. The van der Waals surface area contributed by atoms with E-state index < -0.39 is 12.0 Å². The van der Waals surface area contributed by atoms with Gasteiger partial charge in [0.2, 0.25) is 5.91 Å². The molecule has 1 fully saturated rings. The number of carboxylic acids is 1. The van der Waals surface area contributed by atoms with E-state index in [9.17, 15) is 9.59 Å². The standard InChI is InChI=1S/C9H16N2O3/c1-10-5-4-8(12)11-6-2-3-7(11)9(13)14/h7,10H,2-6H2,1H3,(H,13,14)/t7-/m0/s1. The molecule has 0 aromatic heterocycles. The molecule has 1 aliphatic rings. The lowest BCUT2D eigenvalue weighted by atomic mass is 10.2. The summed E-state index contributed by atoms with van der Waals surface area (Å²) in [6.45, 7) is 1.18. The Hall–Kier alpha value is -1.10. The number of rotatable bonds is 4. The second-order valence-corrected chi connectivity index (χ2v) is 3.44. The summed E-state index contributed by atoms with van der Waals surface area (Å²) >= 11 is 0. The van der Waals surface area contributed by atoms with E-state index in [1.54, 1.807) is 7.05 Å². The predicted molar refractivity (Wildman–Crippen MR) is 50.9 cm³/mol. The van der Waals surface area contributed by atoms with Crippen LogP contribution in [0.15, 0.2) is 0 Å². The smallest absolute Gasteiger partial charge is 0.326 e. The van der Waals surface area contributed by atoms with Crippen LogP contribution in [0.3, 0.4) is 0 Å². The first-order valence-electron chi connectivity index (χ1n) is 4.83. The molecule has 1 heterocycles. The topological polar surface area (TPSA) is 69.6 Å². The fourth-order valence-corrected chi connectivity index (χ4v) is 1.70. The maximum absolute atomic E-state index is 11.5. The Balaban J connectivity index is 2.49. The Morgan fingerprint density at radius 2 is 2.29 bits per heavy atom. The normalized spacial score (nSPS) is 21.2. The maximum atomic E-state index is 11.5. The molecule has 80 valence electrons. The zero-order valence-electron chi connectivity index (χ0n) is 8.32. The number of hydrogen-bond acceptors (Lipinski definition) is 3. The molecule has 5 nitrogen and oxygen atoms in total. The average molecular weight is 200 g/mol. The Morgan fingerprint density at radius 3 is 2.86 bits per heavy atom. The molecular formula is C9H16N2O3. The van der Waals surface area contributed by atoms with Crippen LogP contribution in [0.2, 0.25) is 0 Å². The van der Waals surface area contributed by atoms with Crippen LogP contribution in [0, 0.1) is 0 Å². The van der Waals surface area contributed by atoms with Crippen molar-refractivity contribution in [1.29, 1.82) is 0 Å². The van der Waals surface area contributed by atoms with Crippen molar-refractivity contribution in [2.24, 2.45) is 0 Å². The number of amides is 1. The Bertz CT molecular complexity index is 230. The van der Waals surface area contributed by atoms with Crippen molar-refractivity contribution >= 4 is 11.9 Å². The number of nitrogens with zero attached hydrogens (tertiary/aromatic N) is 1. The highest BCUT2D eigenvalue weighted by Crippen LogP contribution is 2.17. The fraction of sp³-hybridized carbons (Fsp3) is 0.778. The van der Waals surface area contributed by atoms with E-state index in [4.69, 9.17) is 5.11 Å². The predicted octanol–water partition coefficient (Wildman–Crippen LogP) is -0.328. The Kier molecular flexibility index (Phi) is 3.88. The summed E-state index contributed by atoms with van der Waals surface area (Å²) in [6.07, 6.45) is 1.75. The molecule has 1 saturated heterocycles. The summed E-state index contributed by atoms with van der Waals surface area (Å²) < 4.78 is 0. The van der Waals surface area contributed by atoms with Crippen LogP contribution < -0.4 is 5.32 Å². The zero-order valence-corrected chi connectivity index (χ0v) is 8.32. The van der Waals surface area contributed by atoms with Crippen molar-refractivity contribution in [3.63, 3.8) is 0 Å². The molecular weight excluding hydrogens is 184 g/mol. The average Bonchev–Trinajstić information content (AvgIpc) is 2.62. The van der Waals surface area contributed by atoms with Crippen LogP contribution in [0.4, 0.5) is 0 Å². The van der Waals surface area contributed by atoms with Gasteiger partial charge in [0.15, 0.2) is 0 Å². The van der Waals surface area contributed by atoms with Gasteiger partial charge in [0.05, 0.1) is 0 Å². The van der Waals surface area contributed by atoms with E-state index in [0.717, 1.165) is 6.42 Å². The third-order valence-electron chi connectivity index (χ3n) is 2.45. The van der Waals surface area contributed by atoms with Crippen molar-refractivity contribution in [1.82, 2.24) is 10.2 Å². The number of nitrogens with one attached hydrogen (secondary N) is 1. The van der Waals surface area contributed by atoms with Gasteiger partial charge in [0.1, 0.15) is 6.04 Å². The maximum Gasteiger partial charge on any atom is 0.326 e. The second kappa shape index (κ2) is 4.95. The largest absolute Gasteiger partial charge is 0.480 e. The Labute approximate surface area is 83.1 Å². The van der Waals surface area contributed by atoms with Gasteiger partial charge in [-0.2, -0.15) is 0 Å². The van der Waals surface area contributed by atoms with Gasteiger partial charge >= 0.3 is 5.97 Å². The van der Waals surface area contributed by atoms with Crippen LogP contribution in [0.25, 0.3) is 0 Å². The van der Waals surface area contributed by atoms with Gasteiger partial charge in [-0.25, -0.2) is 4.79 Å². The highest BCUT2D eigenvalue weighted by atomic mass is 16.4. The van der Waals surface area contributed by atoms with Crippen LogP contribution in [-0.4, -0.2) is 48.1 Å². The molecule has 0 aromatic carbocycles. The molecule has 1 amide bonds. The van der Waals surface area contributed by atoms with Gasteiger partial charge in [-0.1, -0.05) is 0 Å². The molecule has 2 N–H and O–H groups in total. The Morgan fingerprint density at radius 1 is 1.57 bits per heavy atom. The molecule has 1 rings (SSSR count). The minimum atomic E-state index is -0.889. The van der Waals surface area contributed by atoms with E-state index in [1.807, 2.05) is 0 Å². The van der Waals surface area contributed by atoms with E-state index in [1.165, 1.54) is 4.90 Å². The van der Waals surface area contributed by atoms with Crippen LogP contribution in [0.5, 0.6) is 0 Å². The van der Waals surface area contributed by atoms with Gasteiger partial charge < -0.3 is 15.3 Å². The zero-order chi connectivity index (χ0) is 10.6. The first-order chi connectivity index (χ1) is 6.66. The highest BCUT2D eigenvalue weighted by molar-refractivity contribution is 5.84.